The fourth-order valence-electron chi connectivity index (χ4n) is 1.75. The molecule has 0 amide bonds. The Hall–Kier alpha value is -0.870. The summed E-state index contributed by atoms with van der Waals surface area (Å²) in [5, 5.41) is 0. The van der Waals surface area contributed by atoms with Crippen LogP contribution in [0, 0.1) is 0 Å². The molecule has 0 aromatic heterocycles. The maximum Gasteiger partial charge on any atom is 0.330 e. The molecule has 78 valence electrons. The molecular weight excluding hydrogens is 182 g/mol. The molecule has 2 rings (SSSR count). The van der Waals surface area contributed by atoms with Crippen molar-refractivity contribution in [2.75, 3.05) is 32.8 Å². The first kappa shape index (κ1) is 9.68. The maximum absolute atomic E-state index is 11.0. The Bertz CT molecular complexity index is 234. The number of cyclic esters (lactones) is 1. The fraction of sp³-hybridized carbons (Fsp3) is 0.700. The summed E-state index contributed by atoms with van der Waals surface area (Å²) in [6, 6.07) is 0. The fourth-order valence-corrected chi connectivity index (χ4v) is 1.75. The van der Waals surface area contributed by atoms with Crippen molar-refractivity contribution in [2.45, 2.75) is 12.5 Å². The lowest BCUT2D eigenvalue weighted by atomic mass is 10.2. The molecule has 4 nitrogen and oxygen atoms in total. The van der Waals surface area contributed by atoms with Crippen molar-refractivity contribution in [3.8, 4) is 0 Å². The minimum atomic E-state index is -0.213. The summed E-state index contributed by atoms with van der Waals surface area (Å²) in [6.45, 7) is 4.29. The van der Waals surface area contributed by atoms with Gasteiger partial charge in [-0.15, -0.1) is 0 Å². The van der Waals surface area contributed by atoms with Crippen LogP contribution in [-0.2, 0) is 14.3 Å². The second-order valence-electron chi connectivity index (χ2n) is 3.61. The predicted octanol–water partition coefficient (Wildman–Crippen LogP) is 0.190. The van der Waals surface area contributed by atoms with Crippen LogP contribution in [0.1, 0.15) is 6.42 Å². The largest absolute Gasteiger partial charge is 0.458 e. The van der Waals surface area contributed by atoms with Crippen LogP contribution in [0.2, 0.25) is 0 Å². The summed E-state index contributed by atoms with van der Waals surface area (Å²) in [7, 11) is 0. The average molecular weight is 197 g/mol. The van der Waals surface area contributed by atoms with Crippen molar-refractivity contribution in [3.05, 3.63) is 12.2 Å². The van der Waals surface area contributed by atoms with Crippen LogP contribution >= 0.6 is 0 Å². The van der Waals surface area contributed by atoms with Gasteiger partial charge >= 0.3 is 5.97 Å². The van der Waals surface area contributed by atoms with Crippen LogP contribution in [0.15, 0.2) is 12.2 Å². The van der Waals surface area contributed by atoms with Crippen LogP contribution < -0.4 is 0 Å². The van der Waals surface area contributed by atoms with E-state index in [0.717, 1.165) is 39.3 Å². The lowest BCUT2D eigenvalue weighted by molar-refractivity contribution is -0.145. The predicted molar refractivity (Wildman–Crippen MR) is 50.9 cm³/mol. The van der Waals surface area contributed by atoms with Crippen LogP contribution in [0.25, 0.3) is 0 Å². The van der Waals surface area contributed by atoms with Gasteiger partial charge in [-0.3, -0.25) is 4.90 Å². The van der Waals surface area contributed by atoms with Crippen LogP contribution in [0.3, 0.4) is 0 Å². The molecule has 14 heavy (non-hydrogen) atoms. The van der Waals surface area contributed by atoms with E-state index in [4.69, 9.17) is 9.47 Å². The molecule has 0 radical (unpaired) electrons. The molecule has 0 aliphatic carbocycles. The van der Waals surface area contributed by atoms with Gasteiger partial charge in [0.15, 0.2) is 0 Å². The molecular formula is C10H15NO3. The second kappa shape index (κ2) is 4.57. The number of ether oxygens (including phenoxy) is 2. The Kier molecular flexibility index (Phi) is 3.16. The average Bonchev–Trinajstić information content (AvgIpc) is 2.19. The van der Waals surface area contributed by atoms with Gasteiger partial charge in [0.25, 0.3) is 0 Å². The van der Waals surface area contributed by atoms with Gasteiger partial charge in [-0.05, 0) is 0 Å². The summed E-state index contributed by atoms with van der Waals surface area (Å²) in [4.78, 5) is 13.2. The van der Waals surface area contributed by atoms with Gasteiger partial charge in [0.05, 0.1) is 13.2 Å². The van der Waals surface area contributed by atoms with E-state index in [0.29, 0.717) is 0 Å². The Morgan fingerprint density at radius 1 is 1.43 bits per heavy atom. The van der Waals surface area contributed by atoms with Gasteiger partial charge in [-0.25, -0.2) is 4.79 Å². The standard InChI is InChI=1S/C10H15NO3/c12-10-3-1-2-9(14-10)8-11-4-6-13-7-5-11/h1,3,9H,2,4-8H2. The highest BCUT2D eigenvalue weighted by Crippen LogP contribution is 2.10. The van der Waals surface area contributed by atoms with Gasteiger partial charge in [-0.2, -0.15) is 0 Å². The van der Waals surface area contributed by atoms with E-state index in [9.17, 15) is 4.79 Å². The van der Waals surface area contributed by atoms with E-state index in [2.05, 4.69) is 4.90 Å². The third kappa shape index (κ3) is 2.56. The minimum Gasteiger partial charge on any atom is -0.458 e. The molecule has 0 bridgehead atoms. The van der Waals surface area contributed by atoms with E-state index in [1.54, 1.807) is 0 Å². The summed E-state index contributed by atoms with van der Waals surface area (Å²) < 4.78 is 10.4. The highest BCUT2D eigenvalue weighted by molar-refractivity contribution is 5.82. The number of carbonyl (C=O) groups is 1. The van der Waals surface area contributed by atoms with Gasteiger partial charge in [0.1, 0.15) is 6.10 Å². The first-order valence-corrected chi connectivity index (χ1v) is 5.02. The smallest absolute Gasteiger partial charge is 0.330 e. The van der Waals surface area contributed by atoms with Crippen molar-refractivity contribution < 1.29 is 14.3 Å². The van der Waals surface area contributed by atoms with E-state index < -0.39 is 0 Å². The summed E-state index contributed by atoms with van der Waals surface area (Å²) >= 11 is 0. The van der Waals surface area contributed by atoms with Gasteiger partial charge in [0.2, 0.25) is 0 Å². The third-order valence-corrected chi connectivity index (χ3v) is 2.50. The Labute approximate surface area is 83.5 Å². The Morgan fingerprint density at radius 2 is 2.21 bits per heavy atom. The summed E-state index contributed by atoms with van der Waals surface area (Å²) in [5.74, 6) is -0.213. The van der Waals surface area contributed by atoms with E-state index in [-0.39, 0.29) is 12.1 Å². The molecule has 2 aliphatic rings. The van der Waals surface area contributed by atoms with E-state index >= 15 is 0 Å². The summed E-state index contributed by atoms with van der Waals surface area (Å²) in [5.41, 5.74) is 0. The van der Waals surface area contributed by atoms with Crippen molar-refractivity contribution in [2.24, 2.45) is 0 Å². The number of esters is 1. The third-order valence-electron chi connectivity index (χ3n) is 2.50. The van der Waals surface area contributed by atoms with Crippen LogP contribution in [0.5, 0.6) is 0 Å². The molecule has 1 unspecified atom stereocenters. The monoisotopic (exact) mass is 197 g/mol. The number of morpholine rings is 1. The highest BCUT2D eigenvalue weighted by atomic mass is 16.5. The second-order valence-corrected chi connectivity index (χ2v) is 3.61. The highest BCUT2D eigenvalue weighted by Gasteiger charge is 2.20. The van der Waals surface area contributed by atoms with Crippen molar-refractivity contribution in [1.29, 1.82) is 0 Å². The zero-order valence-corrected chi connectivity index (χ0v) is 8.15. The molecule has 0 spiro atoms. The Morgan fingerprint density at radius 3 is 2.93 bits per heavy atom. The van der Waals surface area contributed by atoms with Gasteiger partial charge < -0.3 is 9.47 Å². The van der Waals surface area contributed by atoms with E-state index in [1.165, 1.54) is 6.08 Å². The topological polar surface area (TPSA) is 38.8 Å². The SMILES string of the molecule is O=C1C=CCC(CN2CCOCC2)O1. The number of hydrogen-bond donors (Lipinski definition) is 0. The first-order valence-electron chi connectivity index (χ1n) is 5.02. The van der Waals surface area contributed by atoms with Crippen LogP contribution in [-0.4, -0.2) is 49.8 Å². The number of rotatable bonds is 2. The lowest BCUT2D eigenvalue weighted by Crippen LogP contribution is -2.42. The molecule has 1 saturated heterocycles. The molecule has 1 fully saturated rings. The van der Waals surface area contributed by atoms with Crippen molar-refractivity contribution >= 4 is 5.97 Å². The zero-order valence-electron chi connectivity index (χ0n) is 8.15. The lowest BCUT2D eigenvalue weighted by Gasteiger charge is -2.30. The number of nitrogens with zero attached hydrogens (tertiary/aromatic N) is 1. The molecule has 0 aromatic carbocycles. The maximum atomic E-state index is 11.0. The number of hydrogen-bond acceptors (Lipinski definition) is 4. The molecule has 4 heteroatoms. The summed E-state index contributed by atoms with van der Waals surface area (Å²) in [6.07, 6.45) is 4.25. The van der Waals surface area contributed by atoms with Crippen molar-refractivity contribution in [1.82, 2.24) is 4.90 Å². The minimum absolute atomic E-state index is 0.0330. The van der Waals surface area contributed by atoms with E-state index in [1.807, 2.05) is 6.08 Å². The molecule has 0 N–H and O–H groups in total. The first-order chi connectivity index (χ1) is 6.84. The molecule has 1 atom stereocenters. The van der Waals surface area contributed by atoms with Gasteiger partial charge in [-0.1, -0.05) is 6.08 Å². The molecule has 2 aliphatic heterocycles. The number of carbonyl (C=O) groups excluding carboxylic acids is 1. The quantitative estimate of drug-likeness (QED) is 0.592. The molecule has 0 aromatic rings. The Balaban J connectivity index is 1.79. The molecule has 0 saturated carbocycles. The molecule has 2 heterocycles. The van der Waals surface area contributed by atoms with Crippen molar-refractivity contribution in [3.63, 3.8) is 0 Å². The van der Waals surface area contributed by atoms with Gasteiger partial charge in [0, 0.05) is 32.1 Å². The normalized spacial score (nSPS) is 28.9. The zero-order chi connectivity index (χ0) is 9.80. The van der Waals surface area contributed by atoms with Crippen LogP contribution in [0.4, 0.5) is 0 Å².